The minimum atomic E-state index is -3.52. The van der Waals surface area contributed by atoms with Crippen molar-refractivity contribution in [1.82, 2.24) is 9.29 Å². The van der Waals surface area contributed by atoms with Gasteiger partial charge in [-0.25, -0.2) is 13.1 Å². The standard InChI is InChI=1S/C14H25N3O3S/c1-3-6-17-10-13(8-12(17)9-15)21(18,19)16-11-14(2)5-4-7-20-14/h8,10,16H,3-7,9,11,15H2,1-2H3. The van der Waals surface area contributed by atoms with Crippen molar-refractivity contribution in [2.75, 3.05) is 13.2 Å². The van der Waals surface area contributed by atoms with E-state index in [1.165, 1.54) is 0 Å². The van der Waals surface area contributed by atoms with Crippen LogP contribution in [0.4, 0.5) is 0 Å². The van der Waals surface area contributed by atoms with Crippen LogP contribution >= 0.6 is 0 Å². The molecule has 1 aliphatic rings. The molecule has 0 spiro atoms. The second-order valence-corrected chi connectivity index (χ2v) is 7.56. The number of nitrogens with one attached hydrogen (secondary N) is 1. The van der Waals surface area contributed by atoms with Crippen molar-refractivity contribution in [3.8, 4) is 0 Å². The first-order valence-corrected chi connectivity index (χ1v) is 8.91. The smallest absolute Gasteiger partial charge is 0.242 e. The van der Waals surface area contributed by atoms with E-state index >= 15 is 0 Å². The van der Waals surface area contributed by atoms with Crippen LogP contribution < -0.4 is 10.5 Å². The topological polar surface area (TPSA) is 86.3 Å². The van der Waals surface area contributed by atoms with E-state index in [1.54, 1.807) is 12.3 Å². The molecule has 1 aromatic rings. The summed E-state index contributed by atoms with van der Waals surface area (Å²) in [7, 11) is -3.52. The monoisotopic (exact) mass is 315 g/mol. The van der Waals surface area contributed by atoms with Gasteiger partial charge in [0, 0.05) is 38.1 Å². The summed E-state index contributed by atoms with van der Waals surface area (Å²) in [5.74, 6) is 0. The SMILES string of the molecule is CCCn1cc(S(=O)(=O)NCC2(C)CCCO2)cc1CN. The molecule has 3 N–H and O–H groups in total. The first-order valence-electron chi connectivity index (χ1n) is 7.43. The first-order chi connectivity index (χ1) is 9.90. The van der Waals surface area contributed by atoms with Gasteiger partial charge in [0.25, 0.3) is 0 Å². The van der Waals surface area contributed by atoms with E-state index in [0.717, 1.165) is 31.5 Å². The fraction of sp³-hybridized carbons (Fsp3) is 0.714. The molecule has 1 atom stereocenters. The van der Waals surface area contributed by atoms with Gasteiger partial charge in [-0.1, -0.05) is 6.92 Å². The van der Waals surface area contributed by atoms with Crippen LogP contribution in [-0.2, 0) is 27.8 Å². The Labute approximate surface area is 126 Å². The van der Waals surface area contributed by atoms with Gasteiger partial charge >= 0.3 is 0 Å². The minimum absolute atomic E-state index is 0.276. The highest BCUT2D eigenvalue weighted by Crippen LogP contribution is 2.25. The summed E-state index contributed by atoms with van der Waals surface area (Å²) < 4.78 is 35.0. The van der Waals surface area contributed by atoms with Crippen LogP contribution in [0.25, 0.3) is 0 Å². The van der Waals surface area contributed by atoms with E-state index in [-0.39, 0.29) is 4.90 Å². The van der Waals surface area contributed by atoms with Crippen LogP contribution in [0.5, 0.6) is 0 Å². The fourth-order valence-corrected chi connectivity index (χ4v) is 3.82. The Hall–Kier alpha value is -0.890. The Morgan fingerprint density at radius 3 is 2.86 bits per heavy atom. The van der Waals surface area contributed by atoms with Crippen molar-refractivity contribution in [3.63, 3.8) is 0 Å². The van der Waals surface area contributed by atoms with Crippen LogP contribution in [0.1, 0.15) is 38.8 Å². The normalized spacial score (nSPS) is 22.8. The van der Waals surface area contributed by atoms with Crippen molar-refractivity contribution in [3.05, 3.63) is 18.0 Å². The zero-order valence-electron chi connectivity index (χ0n) is 12.8. The summed E-state index contributed by atoms with van der Waals surface area (Å²) in [6, 6.07) is 1.65. The number of aryl methyl sites for hydroxylation is 1. The van der Waals surface area contributed by atoms with E-state index in [9.17, 15) is 8.42 Å². The summed E-state index contributed by atoms with van der Waals surface area (Å²) in [6.45, 7) is 6.08. The molecule has 2 heterocycles. The highest BCUT2D eigenvalue weighted by Gasteiger charge is 2.31. The molecule has 0 radical (unpaired) electrons. The molecular weight excluding hydrogens is 290 g/mol. The molecule has 21 heavy (non-hydrogen) atoms. The third-order valence-corrected chi connectivity index (χ3v) is 5.25. The van der Waals surface area contributed by atoms with Crippen molar-refractivity contribution < 1.29 is 13.2 Å². The molecular formula is C14H25N3O3S. The molecule has 1 aliphatic heterocycles. The van der Waals surface area contributed by atoms with E-state index in [2.05, 4.69) is 4.72 Å². The summed E-state index contributed by atoms with van der Waals surface area (Å²) in [5.41, 5.74) is 6.12. The van der Waals surface area contributed by atoms with E-state index < -0.39 is 15.6 Å². The Balaban J connectivity index is 2.11. The van der Waals surface area contributed by atoms with Crippen LogP contribution in [0.15, 0.2) is 17.2 Å². The number of sulfonamides is 1. The lowest BCUT2D eigenvalue weighted by atomic mass is 10.0. The summed E-state index contributed by atoms with van der Waals surface area (Å²) in [5, 5.41) is 0. The molecule has 1 unspecified atom stereocenters. The Kier molecular flexibility index (Phi) is 5.08. The van der Waals surface area contributed by atoms with E-state index in [1.807, 2.05) is 18.4 Å². The first kappa shape index (κ1) is 16.5. The largest absolute Gasteiger partial charge is 0.374 e. The zero-order chi connectivity index (χ0) is 15.5. The predicted molar refractivity (Wildman–Crippen MR) is 81.4 cm³/mol. The molecule has 0 aromatic carbocycles. The molecule has 7 heteroatoms. The molecule has 6 nitrogen and oxygen atoms in total. The highest BCUT2D eigenvalue weighted by atomic mass is 32.2. The van der Waals surface area contributed by atoms with Gasteiger partial charge < -0.3 is 15.0 Å². The predicted octanol–water partition coefficient (Wildman–Crippen LogP) is 1.20. The number of nitrogens with zero attached hydrogens (tertiary/aromatic N) is 1. The third kappa shape index (κ3) is 3.85. The summed E-state index contributed by atoms with van der Waals surface area (Å²) >= 11 is 0. The average molecular weight is 315 g/mol. The maximum absolute atomic E-state index is 12.4. The van der Waals surface area contributed by atoms with Crippen molar-refractivity contribution in [2.24, 2.45) is 5.73 Å². The van der Waals surface area contributed by atoms with Gasteiger partial charge in [0.05, 0.1) is 10.5 Å². The highest BCUT2D eigenvalue weighted by molar-refractivity contribution is 7.89. The lowest BCUT2D eigenvalue weighted by Crippen LogP contribution is -2.39. The molecule has 1 aromatic heterocycles. The van der Waals surface area contributed by atoms with Gasteiger partial charge in [-0.15, -0.1) is 0 Å². The molecule has 120 valence electrons. The molecule has 2 rings (SSSR count). The molecule has 1 fully saturated rings. The van der Waals surface area contributed by atoms with Gasteiger partial charge in [-0.2, -0.15) is 0 Å². The zero-order valence-corrected chi connectivity index (χ0v) is 13.6. The molecule has 0 amide bonds. The van der Waals surface area contributed by atoms with Crippen LogP contribution in [0.2, 0.25) is 0 Å². The molecule has 0 aliphatic carbocycles. The van der Waals surface area contributed by atoms with Crippen LogP contribution in [0, 0.1) is 0 Å². The second-order valence-electron chi connectivity index (χ2n) is 5.79. The number of rotatable bonds is 7. The fourth-order valence-electron chi connectivity index (χ4n) is 2.60. The second kappa shape index (κ2) is 6.48. The summed E-state index contributed by atoms with van der Waals surface area (Å²) in [4.78, 5) is 0.276. The maximum atomic E-state index is 12.4. The molecule has 0 saturated carbocycles. The number of ether oxygens (including phenoxy) is 1. The van der Waals surface area contributed by atoms with Crippen LogP contribution in [0.3, 0.4) is 0 Å². The number of aromatic nitrogens is 1. The maximum Gasteiger partial charge on any atom is 0.242 e. The van der Waals surface area contributed by atoms with Gasteiger partial charge in [-0.3, -0.25) is 0 Å². The number of hydrogen-bond acceptors (Lipinski definition) is 4. The van der Waals surface area contributed by atoms with E-state index in [4.69, 9.17) is 10.5 Å². The Morgan fingerprint density at radius 1 is 1.52 bits per heavy atom. The van der Waals surface area contributed by atoms with Gasteiger partial charge in [-0.05, 0) is 32.3 Å². The van der Waals surface area contributed by atoms with E-state index in [0.29, 0.717) is 19.7 Å². The van der Waals surface area contributed by atoms with Crippen LogP contribution in [-0.4, -0.2) is 31.7 Å². The Morgan fingerprint density at radius 2 is 2.29 bits per heavy atom. The van der Waals surface area contributed by atoms with Crippen molar-refractivity contribution in [2.45, 2.75) is 56.7 Å². The Bertz CT molecular complexity index is 574. The lowest BCUT2D eigenvalue weighted by Gasteiger charge is -2.23. The van der Waals surface area contributed by atoms with Gasteiger partial charge in [0.15, 0.2) is 0 Å². The lowest BCUT2D eigenvalue weighted by molar-refractivity contribution is 0.0250. The summed E-state index contributed by atoms with van der Waals surface area (Å²) in [6.07, 6.45) is 4.44. The third-order valence-electron chi connectivity index (χ3n) is 3.88. The van der Waals surface area contributed by atoms with Crippen molar-refractivity contribution in [1.29, 1.82) is 0 Å². The average Bonchev–Trinajstić information content (AvgIpc) is 3.05. The van der Waals surface area contributed by atoms with Gasteiger partial charge in [0.1, 0.15) is 0 Å². The quantitative estimate of drug-likeness (QED) is 0.792. The van der Waals surface area contributed by atoms with Crippen molar-refractivity contribution >= 4 is 10.0 Å². The molecule has 1 saturated heterocycles. The molecule has 0 bridgehead atoms. The number of hydrogen-bond donors (Lipinski definition) is 2. The number of nitrogens with two attached hydrogens (primary N) is 1. The van der Waals surface area contributed by atoms with Gasteiger partial charge in [0.2, 0.25) is 10.0 Å². The minimum Gasteiger partial charge on any atom is -0.374 e.